The Balaban J connectivity index is 2.52. The minimum absolute atomic E-state index is 0.0282. The zero-order valence-corrected chi connectivity index (χ0v) is 20.8. The molecule has 0 bridgehead atoms. The molecule has 9 heteroatoms. The Labute approximate surface area is 199 Å². The van der Waals surface area contributed by atoms with Crippen molar-refractivity contribution < 1.29 is 24.4 Å². The van der Waals surface area contributed by atoms with E-state index in [4.69, 9.17) is 4.74 Å². The van der Waals surface area contributed by atoms with Gasteiger partial charge in [0.1, 0.15) is 12.4 Å². The molecular formula is C25H33N3O6. The third-order valence-corrected chi connectivity index (χ3v) is 5.22. The summed E-state index contributed by atoms with van der Waals surface area (Å²) in [4.78, 5) is 36.4. The number of nitrogens with one attached hydrogen (secondary N) is 1. The molecule has 0 unspecified atom stereocenters. The first kappa shape index (κ1) is 26.6. The minimum atomic E-state index is -0.518. The molecule has 0 aliphatic rings. The molecule has 2 rings (SSSR count). The van der Waals surface area contributed by atoms with Gasteiger partial charge in [0.25, 0.3) is 5.69 Å². The Kier molecular flexibility index (Phi) is 7.92. The first-order valence-electron chi connectivity index (χ1n) is 11.0. The highest BCUT2D eigenvalue weighted by Gasteiger charge is 2.29. The Morgan fingerprint density at radius 1 is 1.03 bits per heavy atom. The number of aromatic hydroxyl groups is 1. The number of nitro groups is 1. The van der Waals surface area contributed by atoms with Gasteiger partial charge in [-0.25, -0.2) is 4.79 Å². The van der Waals surface area contributed by atoms with E-state index in [0.717, 1.165) is 0 Å². The molecule has 0 aliphatic carbocycles. The Bertz CT molecular complexity index is 1030. The molecule has 0 radical (unpaired) electrons. The molecular weight excluding hydrogens is 438 g/mol. The zero-order chi connectivity index (χ0) is 25.8. The number of phenolic OH excluding ortho intramolecular Hbond substituents is 1. The number of carbonyl (C=O) groups is 2. The number of amides is 2. The van der Waals surface area contributed by atoms with Gasteiger partial charge in [-0.2, -0.15) is 0 Å². The second-order valence-corrected chi connectivity index (χ2v) is 10.1. The molecule has 2 aromatic rings. The highest BCUT2D eigenvalue weighted by atomic mass is 16.6. The molecule has 2 aromatic carbocycles. The van der Waals surface area contributed by atoms with Crippen LogP contribution in [-0.2, 0) is 20.4 Å². The third-order valence-electron chi connectivity index (χ3n) is 5.22. The summed E-state index contributed by atoms with van der Waals surface area (Å²) in [5.74, 6) is -0.286. The normalized spacial score (nSPS) is 11.6. The number of nitro benzene ring substituents is 1. The van der Waals surface area contributed by atoms with Gasteiger partial charge in [0.2, 0.25) is 0 Å². The molecule has 34 heavy (non-hydrogen) atoms. The lowest BCUT2D eigenvalue weighted by atomic mass is 9.79. The second-order valence-electron chi connectivity index (χ2n) is 10.1. The summed E-state index contributed by atoms with van der Waals surface area (Å²) in [6.45, 7) is 13.2. The van der Waals surface area contributed by atoms with Gasteiger partial charge in [-0.05, 0) is 35.1 Å². The van der Waals surface area contributed by atoms with Crippen LogP contribution >= 0.6 is 0 Å². The van der Waals surface area contributed by atoms with Crippen molar-refractivity contribution in [1.29, 1.82) is 0 Å². The predicted molar refractivity (Wildman–Crippen MR) is 132 cm³/mol. The molecule has 0 heterocycles. The SMILES string of the molecule is CC(=O)OCCN(C(=O)Nc1ccc([N+](=O)[O-])cc1)c1cc(C(C)(C)C)c(O)c(C(C)(C)C)c1. The van der Waals surface area contributed by atoms with E-state index in [0.29, 0.717) is 22.5 Å². The van der Waals surface area contributed by atoms with Crippen molar-refractivity contribution in [3.63, 3.8) is 0 Å². The van der Waals surface area contributed by atoms with Gasteiger partial charge in [0.15, 0.2) is 0 Å². The van der Waals surface area contributed by atoms with Crippen LogP contribution in [0.15, 0.2) is 36.4 Å². The van der Waals surface area contributed by atoms with Crippen LogP contribution in [0.2, 0.25) is 0 Å². The fraction of sp³-hybridized carbons (Fsp3) is 0.440. The Morgan fingerprint density at radius 3 is 1.94 bits per heavy atom. The average molecular weight is 472 g/mol. The third kappa shape index (κ3) is 6.69. The molecule has 184 valence electrons. The summed E-state index contributed by atoms with van der Waals surface area (Å²) in [6, 6.07) is 8.49. The van der Waals surface area contributed by atoms with E-state index in [1.165, 1.54) is 36.1 Å². The molecule has 0 atom stereocenters. The summed E-state index contributed by atoms with van der Waals surface area (Å²) < 4.78 is 5.07. The van der Waals surface area contributed by atoms with Gasteiger partial charge in [-0.1, -0.05) is 41.5 Å². The number of carbonyl (C=O) groups excluding carboxylic acids is 2. The number of esters is 1. The van der Waals surface area contributed by atoms with Gasteiger partial charge < -0.3 is 15.2 Å². The maximum absolute atomic E-state index is 13.3. The van der Waals surface area contributed by atoms with Crippen molar-refractivity contribution in [3.05, 3.63) is 57.6 Å². The van der Waals surface area contributed by atoms with E-state index in [1.807, 2.05) is 41.5 Å². The monoisotopic (exact) mass is 471 g/mol. The number of urea groups is 1. The number of ether oxygens (including phenoxy) is 1. The molecule has 0 aliphatic heterocycles. The van der Waals surface area contributed by atoms with Crippen molar-refractivity contribution in [3.8, 4) is 5.75 Å². The first-order chi connectivity index (χ1) is 15.6. The van der Waals surface area contributed by atoms with E-state index in [1.54, 1.807) is 12.1 Å². The molecule has 0 fully saturated rings. The van der Waals surface area contributed by atoms with E-state index in [-0.39, 0.29) is 24.6 Å². The molecule has 0 aromatic heterocycles. The number of phenols is 1. The summed E-state index contributed by atoms with van der Waals surface area (Å²) in [5.41, 5.74) is 1.35. The van der Waals surface area contributed by atoms with Gasteiger partial charge in [0, 0.05) is 41.6 Å². The van der Waals surface area contributed by atoms with Gasteiger partial charge in [-0.15, -0.1) is 0 Å². The molecule has 0 saturated carbocycles. The molecule has 2 N–H and O–H groups in total. The van der Waals surface area contributed by atoms with Gasteiger partial charge in [0.05, 0.1) is 11.5 Å². The average Bonchev–Trinajstić information content (AvgIpc) is 2.70. The second kappa shape index (κ2) is 10.1. The summed E-state index contributed by atoms with van der Waals surface area (Å²) in [7, 11) is 0. The molecule has 9 nitrogen and oxygen atoms in total. The van der Waals surface area contributed by atoms with Crippen molar-refractivity contribution in [2.75, 3.05) is 23.4 Å². The van der Waals surface area contributed by atoms with Crippen LogP contribution in [0, 0.1) is 10.1 Å². The summed E-state index contributed by atoms with van der Waals surface area (Å²) >= 11 is 0. The van der Waals surface area contributed by atoms with Crippen LogP contribution in [0.3, 0.4) is 0 Å². The van der Waals surface area contributed by atoms with Gasteiger partial charge >= 0.3 is 12.0 Å². The number of rotatable bonds is 6. The summed E-state index contributed by atoms with van der Waals surface area (Å²) in [6.07, 6.45) is 0. The summed E-state index contributed by atoms with van der Waals surface area (Å²) in [5, 5.41) is 24.7. The number of hydrogen-bond donors (Lipinski definition) is 2. The molecule has 2 amide bonds. The molecule has 0 saturated heterocycles. The Morgan fingerprint density at radius 2 is 1.53 bits per heavy atom. The lowest BCUT2D eigenvalue weighted by Gasteiger charge is -2.31. The van der Waals surface area contributed by atoms with Crippen LogP contribution < -0.4 is 10.2 Å². The van der Waals surface area contributed by atoms with Crippen molar-refractivity contribution >= 4 is 29.1 Å². The van der Waals surface area contributed by atoms with Crippen molar-refractivity contribution in [2.45, 2.75) is 59.3 Å². The predicted octanol–water partition coefficient (Wildman–Crippen LogP) is 5.50. The number of anilines is 2. The van der Waals surface area contributed by atoms with Crippen LogP contribution in [-0.4, -0.2) is 35.2 Å². The Hall–Kier alpha value is -3.62. The smallest absolute Gasteiger partial charge is 0.326 e. The van der Waals surface area contributed by atoms with Crippen molar-refractivity contribution in [1.82, 2.24) is 0 Å². The minimum Gasteiger partial charge on any atom is -0.507 e. The number of non-ortho nitro benzene ring substituents is 1. The van der Waals surface area contributed by atoms with Crippen LogP contribution in [0.1, 0.15) is 59.6 Å². The molecule has 0 spiro atoms. The fourth-order valence-corrected chi connectivity index (χ4v) is 3.40. The fourth-order valence-electron chi connectivity index (χ4n) is 3.40. The highest BCUT2D eigenvalue weighted by molar-refractivity contribution is 6.02. The topological polar surface area (TPSA) is 122 Å². The highest BCUT2D eigenvalue weighted by Crippen LogP contribution is 2.42. The van der Waals surface area contributed by atoms with E-state index < -0.39 is 27.8 Å². The zero-order valence-electron chi connectivity index (χ0n) is 20.8. The maximum Gasteiger partial charge on any atom is 0.326 e. The van der Waals surface area contributed by atoms with Crippen molar-refractivity contribution in [2.24, 2.45) is 0 Å². The van der Waals surface area contributed by atoms with Crippen LogP contribution in [0.25, 0.3) is 0 Å². The number of benzene rings is 2. The maximum atomic E-state index is 13.3. The first-order valence-corrected chi connectivity index (χ1v) is 11.0. The lowest BCUT2D eigenvalue weighted by molar-refractivity contribution is -0.384. The largest absolute Gasteiger partial charge is 0.507 e. The van der Waals surface area contributed by atoms with E-state index in [2.05, 4.69) is 5.32 Å². The van der Waals surface area contributed by atoms with Crippen LogP contribution in [0.4, 0.5) is 21.9 Å². The van der Waals surface area contributed by atoms with E-state index in [9.17, 15) is 24.8 Å². The van der Waals surface area contributed by atoms with Gasteiger partial charge in [-0.3, -0.25) is 19.8 Å². The number of nitrogens with zero attached hydrogens (tertiary/aromatic N) is 2. The van der Waals surface area contributed by atoms with Crippen LogP contribution in [0.5, 0.6) is 5.75 Å². The lowest BCUT2D eigenvalue weighted by Crippen LogP contribution is -2.38. The standard InChI is InChI=1S/C25H33N3O6/c1-16(29)34-13-12-27(23(31)26-17-8-10-18(11-9-17)28(32)33)19-14-20(24(2,3)4)22(30)21(15-19)25(5,6)7/h8-11,14-15,30H,12-13H2,1-7H3,(H,26,31). The quantitative estimate of drug-likeness (QED) is 0.326. The van der Waals surface area contributed by atoms with E-state index >= 15 is 0 Å². The number of hydrogen-bond acceptors (Lipinski definition) is 6.